The van der Waals surface area contributed by atoms with Crippen molar-refractivity contribution in [3.8, 4) is 0 Å². The molecule has 0 aromatic rings. The summed E-state index contributed by atoms with van der Waals surface area (Å²) in [5.74, 6) is 0. The van der Waals surface area contributed by atoms with Gasteiger partial charge >= 0.3 is 0 Å². The highest BCUT2D eigenvalue weighted by Gasteiger charge is 2.12. The molecule has 1 aliphatic carbocycles. The van der Waals surface area contributed by atoms with E-state index in [1.165, 1.54) is 0 Å². The number of rotatable bonds is 0. The third kappa shape index (κ3) is 0.632. The Morgan fingerprint density at radius 2 is 1.33 bits per heavy atom. The minimum absolute atomic E-state index is 0.935. The molecule has 0 N–H and O–H groups in total. The second-order valence-corrected chi connectivity index (χ2v) is 2.59. The molecule has 0 aromatic carbocycles. The second kappa shape index (κ2) is 1.35. The van der Waals surface area contributed by atoms with Crippen LogP contribution in [0.5, 0.6) is 0 Å². The van der Waals surface area contributed by atoms with Crippen LogP contribution in [0.3, 0.4) is 0 Å². The van der Waals surface area contributed by atoms with Crippen molar-refractivity contribution in [1.82, 2.24) is 0 Å². The molecule has 1 fully saturated rings. The van der Waals surface area contributed by atoms with Crippen LogP contribution in [0.4, 0.5) is 0 Å². The lowest BCUT2D eigenvalue weighted by Crippen LogP contribution is -2.18. The van der Waals surface area contributed by atoms with E-state index in [1.54, 1.807) is 0 Å². The SMILES string of the molecule is S=C1CC(=S)C1. The van der Waals surface area contributed by atoms with Gasteiger partial charge in [-0.2, -0.15) is 0 Å². The topological polar surface area (TPSA) is 0 Å². The first-order chi connectivity index (χ1) is 2.79. The standard InChI is InChI=1S/C4H4S2/c5-3-1-4(6)2-3/h1-2H2. The summed E-state index contributed by atoms with van der Waals surface area (Å²) in [6.45, 7) is 0. The Bertz CT molecular complexity index is 82.1. The molecule has 0 radical (unpaired) electrons. The number of thiocarbonyl (C=S) groups is 2. The fraction of sp³-hybridized carbons (Fsp3) is 0.500. The van der Waals surface area contributed by atoms with Crippen LogP contribution in [0.1, 0.15) is 12.8 Å². The van der Waals surface area contributed by atoms with Gasteiger partial charge in [-0.05, 0) is 0 Å². The van der Waals surface area contributed by atoms with Gasteiger partial charge in [0.1, 0.15) is 0 Å². The molecule has 0 nitrogen and oxygen atoms in total. The molecule has 6 heavy (non-hydrogen) atoms. The maximum atomic E-state index is 4.77. The summed E-state index contributed by atoms with van der Waals surface area (Å²) < 4.78 is 0. The van der Waals surface area contributed by atoms with Gasteiger partial charge in [0.25, 0.3) is 0 Å². The van der Waals surface area contributed by atoms with Crippen LogP contribution in [-0.2, 0) is 0 Å². The van der Waals surface area contributed by atoms with Crippen molar-refractivity contribution in [3.05, 3.63) is 0 Å². The molecule has 0 spiro atoms. The average molecular weight is 116 g/mol. The fourth-order valence-corrected chi connectivity index (χ4v) is 1.27. The number of hydrogen-bond acceptors (Lipinski definition) is 2. The van der Waals surface area contributed by atoms with E-state index >= 15 is 0 Å². The lowest BCUT2D eigenvalue weighted by molar-refractivity contribution is 1.38. The third-order valence-electron chi connectivity index (χ3n) is 0.789. The van der Waals surface area contributed by atoms with Gasteiger partial charge in [-0.25, -0.2) is 0 Å². The molecule has 1 rings (SSSR count). The zero-order valence-electron chi connectivity index (χ0n) is 3.23. The van der Waals surface area contributed by atoms with Gasteiger partial charge in [0.2, 0.25) is 0 Å². The van der Waals surface area contributed by atoms with E-state index in [0.29, 0.717) is 0 Å². The average Bonchev–Trinajstić information content (AvgIpc) is 1.33. The lowest BCUT2D eigenvalue weighted by atomic mass is 10.0. The Kier molecular flexibility index (Phi) is 0.979. The first-order valence-corrected chi connectivity index (χ1v) is 2.64. The maximum Gasteiger partial charge on any atom is 0.0109 e. The molecule has 2 heteroatoms. The highest BCUT2D eigenvalue weighted by atomic mass is 32.1. The van der Waals surface area contributed by atoms with Gasteiger partial charge in [0, 0.05) is 22.6 Å². The summed E-state index contributed by atoms with van der Waals surface area (Å²) in [7, 11) is 0. The van der Waals surface area contributed by atoms with E-state index in [2.05, 4.69) is 0 Å². The predicted octanol–water partition coefficient (Wildman–Crippen LogP) is 1.52. The molecule has 1 aliphatic rings. The molecule has 0 unspecified atom stereocenters. The summed E-state index contributed by atoms with van der Waals surface area (Å²) in [6.07, 6.45) is 1.87. The molecule has 1 saturated carbocycles. The summed E-state index contributed by atoms with van der Waals surface area (Å²) in [6, 6.07) is 0. The summed E-state index contributed by atoms with van der Waals surface area (Å²) in [5.41, 5.74) is 0. The predicted molar refractivity (Wildman–Crippen MR) is 34.4 cm³/mol. The van der Waals surface area contributed by atoms with Crippen LogP contribution in [-0.4, -0.2) is 9.73 Å². The summed E-state index contributed by atoms with van der Waals surface area (Å²) >= 11 is 9.55. The summed E-state index contributed by atoms with van der Waals surface area (Å²) in [4.78, 5) is 2.25. The van der Waals surface area contributed by atoms with Crippen molar-refractivity contribution in [2.45, 2.75) is 12.8 Å². The third-order valence-corrected chi connectivity index (χ3v) is 1.37. The highest BCUT2D eigenvalue weighted by molar-refractivity contribution is 7.83. The Labute approximate surface area is 47.5 Å². The van der Waals surface area contributed by atoms with Crippen molar-refractivity contribution in [2.24, 2.45) is 0 Å². The zero-order chi connectivity index (χ0) is 4.57. The largest absolute Gasteiger partial charge is 0.0889 e. The van der Waals surface area contributed by atoms with Gasteiger partial charge in [0.15, 0.2) is 0 Å². The van der Waals surface area contributed by atoms with E-state index in [1.807, 2.05) is 0 Å². The smallest absolute Gasteiger partial charge is 0.0109 e. The van der Waals surface area contributed by atoms with Crippen LogP contribution >= 0.6 is 24.4 Å². The Balaban J connectivity index is 2.47. The van der Waals surface area contributed by atoms with E-state index in [-0.39, 0.29) is 0 Å². The van der Waals surface area contributed by atoms with Crippen LogP contribution < -0.4 is 0 Å². The minimum atomic E-state index is 0.935. The van der Waals surface area contributed by atoms with E-state index in [9.17, 15) is 0 Å². The molecule has 0 aliphatic heterocycles. The quantitative estimate of drug-likeness (QED) is 0.440. The normalized spacial score (nSPS) is 20.7. The molecule has 0 aromatic heterocycles. The molecular formula is C4H4S2. The Morgan fingerprint density at radius 1 is 1.00 bits per heavy atom. The van der Waals surface area contributed by atoms with Gasteiger partial charge in [-0.1, -0.05) is 24.4 Å². The van der Waals surface area contributed by atoms with Crippen molar-refractivity contribution in [3.63, 3.8) is 0 Å². The first kappa shape index (κ1) is 4.34. The fourth-order valence-electron chi connectivity index (χ4n) is 0.388. The van der Waals surface area contributed by atoms with Crippen molar-refractivity contribution >= 4 is 34.2 Å². The molecule has 0 heterocycles. The van der Waals surface area contributed by atoms with E-state index in [0.717, 1.165) is 22.6 Å². The molecule has 0 bridgehead atoms. The maximum absolute atomic E-state index is 4.77. The van der Waals surface area contributed by atoms with Crippen LogP contribution in [0, 0.1) is 0 Å². The van der Waals surface area contributed by atoms with Gasteiger partial charge in [-0.15, -0.1) is 0 Å². The Morgan fingerprint density at radius 3 is 1.33 bits per heavy atom. The number of hydrogen-bond donors (Lipinski definition) is 0. The van der Waals surface area contributed by atoms with Crippen molar-refractivity contribution < 1.29 is 0 Å². The molecular weight excluding hydrogens is 112 g/mol. The van der Waals surface area contributed by atoms with Crippen LogP contribution in [0.15, 0.2) is 0 Å². The lowest BCUT2D eigenvalue weighted by Gasteiger charge is -2.12. The van der Waals surface area contributed by atoms with Gasteiger partial charge in [-0.3, -0.25) is 0 Å². The van der Waals surface area contributed by atoms with E-state index in [4.69, 9.17) is 24.4 Å². The van der Waals surface area contributed by atoms with Crippen molar-refractivity contribution in [1.29, 1.82) is 0 Å². The Hall–Kier alpha value is 0.180. The first-order valence-electron chi connectivity index (χ1n) is 1.82. The van der Waals surface area contributed by atoms with Gasteiger partial charge in [0.05, 0.1) is 0 Å². The molecule has 0 amide bonds. The van der Waals surface area contributed by atoms with E-state index < -0.39 is 0 Å². The minimum Gasteiger partial charge on any atom is -0.0889 e. The molecule has 0 saturated heterocycles. The van der Waals surface area contributed by atoms with Gasteiger partial charge < -0.3 is 0 Å². The second-order valence-electron chi connectivity index (χ2n) is 1.43. The molecule has 32 valence electrons. The highest BCUT2D eigenvalue weighted by Crippen LogP contribution is 2.11. The van der Waals surface area contributed by atoms with Crippen LogP contribution in [0.25, 0.3) is 0 Å². The monoisotopic (exact) mass is 116 g/mol. The van der Waals surface area contributed by atoms with Crippen molar-refractivity contribution in [2.75, 3.05) is 0 Å². The molecule has 0 atom stereocenters. The van der Waals surface area contributed by atoms with Crippen LogP contribution in [0.2, 0.25) is 0 Å². The zero-order valence-corrected chi connectivity index (χ0v) is 4.86. The summed E-state index contributed by atoms with van der Waals surface area (Å²) in [5, 5.41) is 0.